The lowest BCUT2D eigenvalue weighted by Gasteiger charge is -2.28. The molecule has 10 aromatic carbocycles. The Kier molecular flexibility index (Phi) is 7.05. The van der Waals surface area contributed by atoms with E-state index in [4.69, 9.17) is 0 Å². The van der Waals surface area contributed by atoms with Crippen molar-refractivity contribution in [2.75, 3.05) is 4.90 Å². The first kappa shape index (κ1) is 33.1. The van der Waals surface area contributed by atoms with Crippen LogP contribution in [0.2, 0.25) is 0 Å². The second kappa shape index (κ2) is 12.8. The van der Waals surface area contributed by atoms with E-state index in [1.54, 1.807) is 0 Å². The fourth-order valence-electron chi connectivity index (χ4n) is 10.3. The van der Waals surface area contributed by atoms with E-state index in [9.17, 15) is 0 Å². The number of rotatable bonds is 4. The van der Waals surface area contributed by atoms with Gasteiger partial charge in [0, 0.05) is 33.2 Å². The second-order valence-corrected chi connectivity index (χ2v) is 16.0. The third-order valence-corrected chi connectivity index (χ3v) is 12.9. The SMILES string of the molecule is c1ccc2c(c1)C(=C1c3ccccc3-c3ccc(N(c4ccc5c(c4)c4ccccc4n5-c4ccc5ccccc5c4)c4cccc5ccccc45)cc31)c1ccccc1-2. The molecule has 0 fully saturated rings. The van der Waals surface area contributed by atoms with Crippen LogP contribution in [0.1, 0.15) is 22.3 Å². The van der Waals surface area contributed by atoms with Crippen molar-refractivity contribution in [1.82, 2.24) is 4.57 Å². The van der Waals surface area contributed by atoms with Gasteiger partial charge in [0.15, 0.2) is 0 Å². The van der Waals surface area contributed by atoms with Gasteiger partial charge in [-0.1, -0.05) is 164 Å². The zero-order valence-corrected chi connectivity index (χ0v) is 32.7. The number of fused-ring (bicyclic) bond motifs is 11. The minimum atomic E-state index is 1.11. The maximum atomic E-state index is 2.48. The Morgan fingerprint density at radius 3 is 1.53 bits per heavy atom. The van der Waals surface area contributed by atoms with Gasteiger partial charge in [0.1, 0.15) is 0 Å². The van der Waals surface area contributed by atoms with E-state index in [1.807, 2.05) is 0 Å². The lowest BCUT2D eigenvalue weighted by Crippen LogP contribution is -2.11. The number of anilines is 3. The van der Waals surface area contributed by atoms with E-state index < -0.39 is 0 Å². The van der Waals surface area contributed by atoms with Crippen LogP contribution in [-0.2, 0) is 0 Å². The highest BCUT2D eigenvalue weighted by Crippen LogP contribution is 2.55. The molecule has 0 saturated heterocycles. The van der Waals surface area contributed by atoms with Crippen molar-refractivity contribution in [3.8, 4) is 27.9 Å². The van der Waals surface area contributed by atoms with E-state index >= 15 is 0 Å². The highest BCUT2D eigenvalue weighted by atomic mass is 15.1. The van der Waals surface area contributed by atoms with E-state index in [0.717, 1.165) is 22.7 Å². The largest absolute Gasteiger partial charge is 0.310 e. The molecule has 1 heterocycles. The van der Waals surface area contributed by atoms with Gasteiger partial charge in [-0.25, -0.2) is 0 Å². The van der Waals surface area contributed by atoms with Crippen LogP contribution in [0.5, 0.6) is 0 Å². The number of hydrogen-bond acceptors (Lipinski definition) is 1. The zero-order chi connectivity index (χ0) is 39.3. The van der Waals surface area contributed by atoms with Crippen molar-refractivity contribution in [3.05, 3.63) is 241 Å². The molecule has 278 valence electrons. The van der Waals surface area contributed by atoms with Crippen molar-refractivity contribution in [2.45, 2.75) is 0 Å². The average Bonchev–Trinajstić information content (AvgIpc) is 3.94. The highest BCUT2D eigenvalue weighted by molar-refractivity contribution is 6.19. The first-order valence-corrected chi connectivity index (χ1v) is 20.8. The highest BCUT2D eigenvalue weighted by Gasteiger charge is 2.33. The third-order valence-electron chi connectivity index (χ3n) is 12.9. The van der Waals surface area contributed by atoms with Gasteiger partial charge in [-0.05, 0) is 126 Å². The Bertz CT molecular complexity index is 3570. The minimum Gasteiger partial charge on any atom is -0.310 e. The third kappa shape index (κ3) is 4.76. The molecule has 0 amide bonds. The molecule has 1 aromatic heterocycles. The monoisotopic (exact) mass is 760 g/mol. The molecular formula is C58H36N2. The molecule has 0 aliphatic heterocycles. The molecule has 0 atom stereocenters. The Hall–Kier alpha value is -7.94. The molecule has 0 radical (unpaired) electrons. The lowest BCUT2D eigenvalue weighted by molar-refractivity contribution is 1.18. The molecule has 0 saturated carbocycles. The molecule has 0 unspecified atom stereocenters. The molecule has 11 aromatic rings. The van der Waals surface area contributed by atoms with E-state index in [1.165, 1.54) is 99.0 Å². The van der Waals surface area contributed by atoms with Crippen molar-refractivity contribution in [1.29, 1.82) is 0 Å². The van der Waals surface area contributed by atoms with Crippen molar-refractivity contribution in [3.63, 3.8) is 0 Å². The van der Waals surface area contributed by atoms with Gasteiger partial charge < -0.3 is 9.47 Å². The molecule has 0 N–H and O–H groups in total. The van der Waals surface area contributed by atoms with Gasteiger partial charge in [-0.15, -0.1) is 0 Å². The Labute approximate surface area is 348 Å². The molecule has 2 nitrogen and oxygen atoms in total. The molecule has 2 aliphatic carbocycles. The van der Waals surface area contributed by atoms with Gasteiger partial charge in [0.2, 0.25) is 0 Å². The van der Waals surface area contributed by atoms with Crippen LogP contribution in [-0.4, -0.2) is 4.57 Å². The predicted molar refractivity (Wildman–Crippen MR) is 253 cm³/mol. The van der Waals surface area contributed by atoms with Gasteiger partial charge >= 0.3 is 0 Å². The first-order valence-electron chi connectivity index (χ1n) is 20.8. The Balaban J connectivity index is 1.07. The average molecular weight is 761 g/mol. The standard InChI is InChI=1S/C58H36N2/c1-2-16-39-34-40(29-28-37(39)14-1)60-55-26-12-11-22-48(55)52-35-42(31-33-56(52)60)59(54-27-13-17-38-15-3-4-18-43(38)54)41-30-32-47-46-21-7-10-25-51(46)58(53(47)36-41)57-49-23-8-5-19-44(49)45-20-6-9-24-50(45)57/h1-36H. The van der Waals surface area contributed by atoms with Crippen LogP contribution in [0, 0.1) is 0 Å². The van der Waals surface area contributed by atoms with E-state index in [2.05, 4.69) is 228 Å². The molecule has 0 spiro atoms. The summed E-state index contributed by atoms with van der Waals surface area (Å²) in [6.45, 7) is 0. The summed E-state index contributed by atoms with van der Waals surface area (Å²) in [6.07, 6.45) is 0. The predicted octanol–water partition coefficient (Wildman–Crippen LogP) is 15.5. The molecular weight excluding hydrogens is 725 g/mol. The van der Waals surface area contributed by atoms with Crippen molar-refractivity contribution >= 4 is 71.6 Å². The fraction of sp³-hybridized carbons (Fsp3) is 0. The molecule has 2 heteroatoms. The lowest BCUT2D eigenvalue weighted by atomic mass is 9.91. The van der Waals surface area contributed by atoms with Gasteiger partial charge in [0.05, 0.1) is 16.7 Å². The number of benzene rings is 10. The molecule has 60 heavy (non-hydrogen) atoms. The summed E-state index contributed by atoms with van der Waals surface area (Å²) in [4.78, 5) is 2.48. The number of aromatic nitrogens is 1. The zero-order valence-electron chi connectivity index (χ0n) is 32.7. The number of hydrogen-bond donors (Lipinski definition) is 0. The smallest absolute Gasteiger partial charge is 0.0542 e. The van der Waals surface area contributed by atoms with Crippen molar-refractivity contribution < 1.29 is 0 Å². The van der Waals surface area contributed by atoms with Gasteiger partial charge in [-0.3, -0.25) is 0 Å². The summed E-state index contributed by atoms with van der Waals surface area (Å²) in [7, 11) is 0. The van der Waals surface area contributed by atoms with Gasteiger partial charge in [-0.2, -0.15) is 0 Å². The number of para-hydroxylation sites is 1. The summed E-state index contributed by atoms with van der Waals surface area (Å²) < 4.78 is 2.42. The summed E-state index contributed by atoms with van der Waals surface area (Å²) in [5.41, 5.74) is 19.8. The second-order valence-electron chi connectivity index (χ2n) is 16.0. The minimum absolute atomic E-state index is 1.11. The Morgan fingerprint density at radius 1 is 0.283 bits per heavy atom. The number of nitrogens with zero attached hydrogens (tertiary/aromatic N) is 2. The summed E-state index contributed by atoms with van der Waals surface area (Å²) in [6, 6.07) is 80.6. The normalized spacial score (nSPS) is 12.6. The van der Waals surface area contributed by atoms with Crippen LogP contribution in [0.15, 0.2) is 218 Å². The van der Waals surface area contributed by atoms with Crippen LogP contribution in [0.25, 0.3) is 82.4 Å². The Morgan fingerprint density at radius 2 is 0.800 bits per heavy atom. The van der Waals surface area contributed by atoms with Crippen molar-refractivity contribution in [2.24, 2.45) is 0 Å². The molecule has 2 aliphatic rings. The summed E-state index contributed by atoms with van der Waals surface area (Å²) in [5, 5.41) is 7.35. The van der Waals surface area contributed by atoms with E-state index in [-0.39, 0.29) is 0 Å². The quantitative estimate of drug-likeness (QED) is 0.173. The van der Waals surface area contributed by atoms with E-state index in [0.29, 0.717) is 0 Å². The topological polar surface area (TPSA) is 8.17 Å². The fourth-order valence-corrected chi connectivity index (χ4v) is 10.3. The van der Waals surface area contributed by atoms with Crippen LogP contribution < -0.4 is 4.90 Å². The summed E-state index contributed by atoms with van der Waals surface area (Å²) >= 11 is 0. The molecule has 13 rings (SSSR count). The van der Waals surface area contributed by atoms with Crippen LogP contribution >= 0.6 is 0 Å². The van der Waals surface area contributed by atoms with Crippen LogP contribution in [0.3, 0.4) is 0 Å². The molecule has 0 bridgehead atoms. The maximum absolute atomic E-state index is 2.48. The van der Waals surface area contributed by atoms with Crippen LogP contribution in [0.4, 0.5) is 17.1 Å². The maximum Gasteiger partial charge on any atom is 0.0542 e. The van der Waals surface area contributed by atoms with Gasteiger partial charge in [0.25, 0.3) is 0 Å². The first-order chi connectivity index (χ1) is 29.8. The summed E-state index contributed by atoms with van der Waals surface area (Å²) in [5.74, 6) is 0.